The molecule has 0 aliphatic rings. The molecule has 6 heteroatoms. The van der Waals surface area contributed by atoms with E-state index in [1.165, 1.54) is 6.26 Å². The summed E-state index contributed by atoms with van der Waals surface area (Å²) < 4.78 is 32.5. The van der Waals surface area contributed by atoms with Crippen LogP contribution in [0.4, 0.5) is 0 Å². The molecule has 0 saturated carbocycles. The van der Waals surface area contributed by atoms with Crippen molar-refractivity contribution in [1.29, 1.82) is 0 Å². The van der Waals surface area contributed by atoms with Gasteiger partial charge in [-0.3, -0.25) is 0 Å². The van der Waals surface area contributed by atoms with Gasteiger partial charge in [-0.25, -0.2) is 8.42 Å². The average Bonchev–Trinajstić information content (AvgIpc) is 2.33. The average molecular weight is 273 g/mol. The Hall–Kier alpha value is -1.27. The first-order chi connectivity index (χ1) is 8.44. The van der Waals surface area contributed by atoms with E-state index in [9.17, 15) is 8.42 Å². The molecule has 0 heterocycles. The number of benzene rings is 1. The third kappa shape index (κ3) is 5.37. The quantitative estimate of drug-likeness (QED) is 0.749. The van der Waals surface area contributed by atoms with Crippen molar-refractivity contribution in [3.63, 3.8) is 0 Å². The molecular formula is C12H19NO4S. The normalized spacial score (nSPS) is 11.3. The minimum absolute atomic E-state index is 0.126. The number of methoxy groups -OCH3 is 1. The molecule has 1 rings (SSSR count). The number of hydrogen-bond donors (Lipinski definition) is 1. The number of rotatable bonds is 7. The zero-order chi connectivity index (χ0) is 13.6. The molecule has 1 aromatic rings. The first-order valence-electron chi connectivity index (χ1n) is 5.63. The van der Waals surface area contributed by atoms with Crippen LogP contribution in [0.1, 0.15) is 12.0 Å². The van der Waals surface area contributed by atoms with Crippen molar-refractivity contribution < 1.29 is 17.9 Å². The van der Waals surface area contributed by atoms with Gasteiger partial charge in [0, 0.05) is 18.9 Å². The van der Waals surface area contributed by atoms with Gasteiger partial charge in [0.05, 0.1) is 19.5 Å². The summed E-state index contributed by atoms with van der Waals surface area (Å²) in [5.74, 6) is 1.44. The Kier molecular flexibility index (Phi) is 5.43. The van der Waals surface area contributed by atoms with E-state index < -0.39 is 9.84 Å². The molecule has 18 heavy (non-hydrogen) atoms. The molecule has 102 valence electrons. The summed E-state index contributed by atoms with van der Waals surface area (Å²) in [5.41, 5.74) is 6.47. The van der Waals surface area contributed by atoms with Crippen LogP contribution in [-0.2, 0) is 16.4 Å². The standard InChI is InChI=1S/C12H19NO4S/c1-16-11-6-10(9-13)7-12(8-11)17-4-3-5-18(2,14)15/h6-8H,3-5,9,13H2,1-2H3. The number of nitrogens with two attached hydrogens (primary N) is 1. The summed E-state index contributed by atoms with van der Waals surface area (Å²) in [4.78, 5) is 0. The zero-order valence-electron chi connectivity index (χ0n) is 10.7. The maximum atomic E-state index is 11.0. The molecule has 0 radical (unpaired) electrons. The Bertz CT molecular complexity index is 463. The summed E-state index contributed by atoms with van der Waals surface area (Å²) in [6.07, 6.45) is 1.68. The first-order valence-corrected chi connectivity index (χ1v) is 7.69. The third-order valence-corrected chi connectivity index (χ3v) is 3.37. The highest BCUT2D eigenvalue weighted by Gasteiger charge is 2.04. The third-order valence-electron chi connectivity index (χ3n) is 2.34. The van der Waals surface area contributed by atoms with E-state index in [-0.39, 0.29) is 5.75 Å². The van der Waals surface area contributed by atoms with Crippen molar-refractivity contribution >= 4 is 9.84 Å². The summed E-state index contributed by atoms with van der Waals surface area (Å²) in [5, 5.41) is 0. The number of hydrogen-bond acceptors (Lipinski definition) is 5. The highest BCUT2D eigenvalue weighted by atomic mass is 32.2. The molecule has 0 amide bonds. The van der Waals surface area contributed by atoms with Crippen molar-refractivity contribution in [3.8, 4) is 11.5 Å². The maximum absolute atomic E-state index is 11.0. The predicted molar refractivity (Wildman–Crippen MR) is 70.7 cm³/mol. The molecule has 2 N–H and O–H groups in total. The second-order valence-corrected chi connectivity index (χ2v) is 6.31. The van der Waals surface area contributed by atoms with Gasteiger partial charge in [-0.15, -0.1) is 0 Å². The topological polar surface area (TPSA) is 78.6 Å². The zero-order valence-corrected chi connectivity index (χ0v) is 11.5. The lowest BCUT2D eigenvalue weighted by atomic mass is 10.2. The van der Waals surface area contributed by atoms with Crippen LogP contribution in [0.3, 0.4) is 0 Å². The molecule has 0 aromatic heterocycles. The van der Waals surface area contributed by atoms with Crippen LogP contribution in [0.2, 0.25) is 0 Å². The summed E-state index contributed by atoms with van der Waals surface area (Å²) in [6.45, 7) is 0.751. The number of sulfone groups is 1. The van der Waals surface area contributed by atoms with Gasteiger partial charge in [-0.2, -0.15) is 0 Å². The molecule has 0 aliphatic heterocycles. The van der Waals surface area contributed by atoms with Crippen molar-refractivity contribution in [2.45, 2.75) is 13.0 Å². The smallest absolute Gasteiger partial charge is 0.147 e. The van der Waals surface area contributed by atoms with Crippen molar-refractivity contribution in [3.05, 3.63) is 23.8 Å². The van der Waals surface area contributed by atoms with Gasteiger partial charge < -0.3 is 15.2 Å². The highest BCUT2D eigenvalue weighted by molar-refractivity contribution is 7.90. The van der Waals surface area contributed by atoms with Crippen molar-refractivity contribution in [1.82, 2.24) is 0 Å². The molecule has 0 saturated heterocycles. The van der Waals surface area contributed by atoms with E-state index in [0.717, 1.165) is 5.56 Å². The molecule has 0 bridgehead atoms. The van der Waals surface area contributed by atoms with E-state index >= 15 is 0 Å². The van der Waals surface area contributed by atoms with E-state index in [1.54, 1.807) is 13.2 Å². The molecule has 0 spiro atoms. The fraction of sp³-hybridized carbons (Fsp3) is 0.500. The van der Waals surface area contributed by atoms with E-state index in [1.807, 2.05) is 12.1 Å². The van der Waals surface area contributed by atoms with Gasteiger partial charge in [-0.1, -0.05) is 0 Å². The van der Waals surface area contributed by atoms with E-state index in [4.69, 9.17) is 15.2 Å². The van der Waals surface area contributed by atoms with E-state index in [2.05, 4.69) is 0 Å². The Morgan fingerprint density at radius 2 is 1.89 bits per heavy atom. The van der Waals surface area contributed by atoms with Crippen LogP contribution < -0.4 is 15.2 Å². The highest BCUT2D eigenvalue weighted by Crippen LogP contribution is 2.22. The Balaban J connectivity index is 2.56. The molecule has 5 nitrogen and oxygen atoms in total. The lowest BCUT2D eigenvalue weighted by Gasteiger charge is -2.09. The lowest BCUT2D eigenvalue weighted by Crippen LogP contribution is -2.08. The fourth-order valence-electron chi connectivity index (χ4n) is 1.46. The Labute approximate surface area is 108 Å². The molecular weight excluding hydrogens is 254 g/mol. The van der Waals surface area contributed by atoms with Gasteiger partial charge in [0.15, 0.2) is 0 Å². The second-order valence-electron chi connectivity index (χ2n) is 4.05. The van der Waals surface area contributed by atoms with Crippen LogP contribution in [0.25, 0.3) is 0 Å². The van der Waals surface area contributed by atoms with Crippen LogP contribution in [0, 0.1) is 0 Å². The van der Waals surface area contributed by atoms with Crippen molar-refractivity contribution in [2.24, 2.45) is 5.73 Å². The summed E-state index contributed by atoms with van der Waals surface area (Å²) in [7, 11) is -1.36. The lowest BCUT2D eigenvalue weighted by molar-refractivity contribution is 0.314. The van der Waals surface area contributed by atoms with Crippen LogP contribution in [0.15, 0.2) is 18.2 Å². The van der Waals surface area contributed by atoms with Gasteiger partial charge in [0.1, 0.15) is 21.3 Å². The first kappa shape index (κ1) is 14.8. The van der Waals surface area contributed by atoms with E-state index in [0.29, 0.717) is 31.1 Å². The number of ether oxygens (including phenoxy) is 2. The molecule has 0 aliphatic carbocycles. The largest absolute Gasteiger partial charge is 0.497 e. The van der Waals surface area contributed by atoms with Gasteiger partial charge in [0.2, 0.25) is 0 Å². The Morgan fingerprint density at radius 1 is 1.22 bits per heavy atom. The van der Waals surface area contributed by atoms with Crippen molar-refractivity contribution in [2.75, 3.05) is 25.7 Å². The van der Waals surface area contributed by atoms with Crippen LogP contribution in [-0.4, -0.2) is 34.1 Å². The SMILES string of the molecule is COc1cc(CN)cc(OCCCS(C)(=O)=O)c1. The summed E-state index contributed by atoms with van der Waals surface area (Å²) >= 11 is 0. The molecule has 1 aromatic carbocycles. The van der Waals surface area contributed by atoms with Gasteiger partial charge >= 0.3 is 0 Å². The summed E-state index contributed by atoms with van der Waals surface area (Å²) in [6, 6.07) is 5.41. The monoisotopic (exact) mass is 273 g/mol. The maximum Gasteiger partial charge on any atom is 0.147 e. The van der Waals surface area contributed by atoms with Gasteiger partial charge in [-0.05, 0) is 24.1 Å². The minimum atomic E-state index is -2.93. The van der Waals surface area contributed by atoms with Crippen LogP contribution >= 0.6 is 0 Å². The van der Waals surface area contributed by atoms with Gasteiger partial charge in [0.25, 0.3) is 0 Å². The minimum Gasteiger partial charge on any atom is -0.497 e. The van der Waals surface area contributed by atoms with Crippen LogP contribution in [0.5, 0.6) is 11.5 Å². The molecule has 0 unspecified atom stereocenters. The Morgan fingerprint density at radius 3 is 2.44 bits per heavy atom. The predicted octanol–water partition coefficient (Wildman–Crippen LogP) is 0.967. The molecule has 0 fully saturated rings. The molecule has 0 atom stereocenters. The fourth-order valence-corrected chi connectivity index (χ4v) is 2.10. The second kappa shape index (κ2) is 6.61.